The van der Waals surface area contributed by atoms with Crippen LogP contribution in [0.4, 0.5) is 20.4 Å². The molecule has 0 radical (unpaired) electrons. The predicted octanol–water partition coefficient (Wildman–Crippen LogP) is 7.89. The average molecular weight is 822 g/mol. The Bertz CT molecular complexity index is 2270. The molecule has 5 aromatic rings. The van der Waals surface area contributed by atoms with Gasteiger partial charge in [-0.3, -0.25) is 4.57 Å². The van der Waals surface area contributed by atoms with Crippen LogP contribution in [0.1, 0.15) is 29.8 Å². The number of nitrogens with zero attached hydrogens (tertiary/aromatic N) is 8. The number of aliphatic imine (C=N–C) groups is 1. The Morgan fingerprint density at radius 3 is 2.00 bits per heavy atom. The van der Waals surface area contributed by atoms with E-state index in [0.29, 0.717) is 46.1 Å². The van der Waals surface area contributed by atoms with E-state index in [1.807, 2.05) is 35.1 Å². The van der Waals surface area contributed by atoms with Crippen LogP contribution in [0.2, 0.25) is 10.0 Å². The van der Waals surface area contributed by atoms with Crippen molar-refractivity contribution in [3.63, 3.8) is 0 Å². The zero-order chi connectivity index (χ0) is 39.2. The van der Waals surface area contributed by atoms with Crippen LogP contribution >= 0.6 is 35.0 Å². The second-order valence-corrected chi connectivity index (χ2v) is 16.1. The fraction of sp³-hybridized carbons (Fsp3) is 0.375. The number of rotatable bonds is 9. The number of amidine groups is 1. The van der Waals surface area contributed by atoms with Gasteiger partial charge in [0, 0.05) is 66.3 Å². The molecular weight excluding hydrogens is 781 g/mol. The van der Waals surface area contributed by atoms with E-state index >= 15 is 0 Å². The van der Waals surface area contributed by atoms with Crippen LogP contribution in [0.15, 0.2) is 78.0 Å². The number of hydrogen-bond acceptors (Lipinski definition) is 10. The number of halogens is 4. The minimum atomic E-state index is -0.317. The minimum absolute atomic E-state index is 0.0272. The van der Waals surface area contributed by atoms with Gasteiger partial charge in [0.2, 0.25) is 17.7 Å². The summed E-state index contributed by atoms with van der Waals surface area (Å²) in [5.74, 6) is 2.91. The van der Waals surface area contributed by atoms with Crippen molar-refractivity contribution < 1.29 is 23.0 Å². The summed E-state index contributed by atoms with van der Waals surface area (Å²) >= 11 is 14.3. The summed E-state index contributed by atoms with van der Waals surface area (Å²) < 4.78 is 44.5. The fourth-order valence-corrected chi connectivity index (χ4v) is 9.73. The van der Waals surface area contributed by atoms with E-state index in [9.17, 15) is 8.78 Å². The highest BCUT2D eigenvalue weighted by molar-refractivity contribution is 8.13. The molecule has 4 fully saturated rings. The molecule has 5 heterocycles. The van der Waals surface area contributed by atoms with Crippen LogP contribution in [0.3, 0.4) is 0 Å². The molecule has 0 unspecified atom stereocenters. The Morgan fingerprint density at radius 1 is 0.821 bits per heavy atom. The zero-order valence-corrected chi connectivity index (χ0v) is 33.6. The number of fused-ring (bicyclic) bond motifs is 2. The summed E-state index contributed by atoms with van der Waals surface area (Å²) in [6.07, 6.45) is 7.60. The first-order chi connectivity index (χ1) is 27.1. The molecule has 3 aromatic heterocycles. The molecule has 0 bridgehead atoms. The number of methoxy groups -OCH3 is 3. The predicted molar refractivity (Wildman–Crippen MR) is 214 cm³/mol. The minimum Gasteiger partial charge on any atom is -0.481 e. The highest BCUT2D eigenvalue weighted by Crippen LogP contribution is 2.62. The number of piperidine rings is 2. The van der Waals surface area contributed by atoms with Gasteiger partial charge in [-0.05, 0) is 78.5 Å². The number of thioether (sulfide) groups is 1. The smallest absolute Gasteiger partial charge is 0.232 e. The van der Waals surface area contributed by atoms with Crippen LogP contribution < -0.4 is 14.4 Å². The summed E-state index contributed by atoms with van der Waals surface area (Å²) in [5.41, 5.74) is 3.65. The van der Waals surface area contributed by atoms with Gasteiger partial charge in [-0.1, -0.05) is 47.1 Å². The molecule has 0 amide bonds. The molecule has 56 heavy (non-hydrogen) atoms. The molecular formula is C40H40Cl2F2N8O3S. The Kier molecular flexibility index (Phi) is 10.6. The summed E-state index contributed by atoms with van der Waals surface area (Å²) in [4.78, 5) is 17.8. The molecule has 4 atom stereocenters. The number of pyridine rings is 2. The van der Waals surface area contributed by atoms with Gasteiger partial charge in [0.05, 0.1) is 38.0 Å². The Balaban J connectivity index is 0.000000159. The van der Waals surface area contributed by atoms with Crippen molar-refractivity contribution in [2.75, 3.05) is 58.7 Å². The standard InChI is InChI=1S/C21H21ClFN5O2.C19H19ClFN3OS/c1-29-11-18-25-26-20(28(18)15-4-6-19(30-2)24-9-15)27-10-13-8-21(13,12-27)16-5-3-14(23)7-17(16)22;1-25-17-6-4-14(9-22-17)23-18(26-2)24-10-12-8-19(12,11-24)15-5-3-13(21)7-16(15)20/h3-7,9,13H,8,10-12H2,1-2H3;3-7,9,12H,8,10-11H2,1-2H3/t13-,21-;12-,19-/m11/s1. The van der Waals surface area contributed by atoms with E-state index in [4.69, 9.17) is 42.4 Å². The van der Waals surface area contributed by atoms with Gasteiger partial charge < -0.3 is 24.0 Å². The monoisotopic (exact) mass is 820 g/mol. The summed E-state index contributed by atoms with van der Waals surface area (Å²) in [6, 6.07) is 16.9. The first-order valence-corrected chi connectivity index (χ1v) is 20.1. The maximum atomic E-state index is 13.5. The number of ether oxygens (including phenoxy) is 3. The number of benzene rings is 2. The van der Waals surface area contributed by atoms with Crippen molar-refractivity contribution in [3.8, 4) is 17.4 Å². The molecule has 16 heteroatoms. The molecule has 2 aromatic carbocycles. The lowest BCUT2D eigenvalue weighted by Gasteiger charge is -2.24. The fourth-order valence-electron chi connectivity index (χ4n) is 8.42. The molecule has 11 nitrogen and oxygen atoms in total. The highest BCUT2D eigenvalue weighted by Gasteiger charge is 2.63. The third kappa shape index (κ3) is 7.16. The van der Waals surface area contributed by atoms with E-state index < -0.39 is 0 Å². The highest BCUT2D eigenvalue weighted by atomic mass is 35.5. The first-order valence-electron chi connectivity index (χ1n) is 18.1. The van der Waals surface area contributed by atoms with Crippen molar-refractivity contribution in [2.45, 2.75) is 30.3 Å². The summed E-state index contributed by atoms with van der Waals surface area (Å²) in [6.45, 7) is 3.70. The molecule has 2 saturated carbocycles. The maximum absolute atomic E-state index is 13.5. The van der Waals surface area contributed by atoms with Crippen LogP contribution in [-0.4, -0.2) is 88.6 Å². The molecule has 9 rings (SSSR count). The van der Waals surface area contributed by atoms with E-state index in [-0.39, 0.29) is 22.5 Å². The topological polar surface area (TPSA) is 103 Å². The first kappa shape index (κ1) is 38.4. The Labute approximate surface area is 338 Å². The average Bonchev–Trinajstić information content (AvgIpc) is 3.86. The van der Waals surface area contributed by atoms with Crippen molar-refractivity contribution in [2.24, 2.45) is 16.8 Å². The van der Waals surface area contributed by atoms with E-state index in [1.165, 1.54) is 24.3 Å². The molecule has 2 aliphatic carbocycles. The molecule has 2 aliphatic heterocycles. The van der Waals surface area contributed by atoms with Crippen LogP contribution in [0.5, 0.6) is 11.8 Å². The van der Waals surface area contributed by atoms with Gasteiger partial charge in [-0.2, -0.15) is 0 Å². The zero-order valence-electron chi connectivity index (χ0n) is 31.3. The normalized spacial score (nSPS) is 23.3. The van der Waals surface area contributed by atoms with Gasteiger partial charge in [-0.25, -0.2) is 23.7 Å². The van der Waals surface area contributed by atoms with E-state index in [1.54, 1.807) is 57.6 Å². The SMILES string of the molecule is COCc1nnc(N2C[C@H]3C[C@@]3(c3ccc(F)cc3Cl)C2)n1-c1ccc(OC)nc1.COc1ccc(N=C(SC)N2C[C@H]3C[C@@]3(c3ccc(F)cc3Cl)C2)cn1. The van der Waals surface area contributed by atoms with Gasteiger partial charge in [0.1, 0.15) is 18.2 Å². The third-order valence-corrected chi connectivity index (χ3v) is 12.6. The van der Waals surface area contributed by atoms with Crippen LogP contribution in [0.25, 0.3) is 5.69 Å². The number of aromatic nitrogens is 5. The largest absolute Gasteiger partial charge is 0.481 e. The van der Waals surface area contributed by atoms with Gasteiger partial charge in [0.15, 0.2) is 11.0 Å². The molecule has 292 valence electrons. The second kappa shape index (κ2) is 15.4. The maximum Gasteiger partial charge on any atom is 0.232 e. The summed E-state index contributed by atoms with van der Waals surface area (Å²) in [7, 11) is 4.80. The van der Waals surface area contributed by atoms with Crippen molar-refractivity contribution in [1.82, 2.24) is 29.6 Å². The number of likely N-dealkylation sites (tertiary alicyclic amines) is 1. The third-order valence-electron chi connectivity index (χ3n) is 11.3. The Hall–Kier alpha value is -4.50. The van der Waals surface area contributed by atoms with Crippen LogP contribution in [0, 0.1) is 23.5 Å². The summed E-state index contributed by atoms with van der Waals surface area (Å²) in [5, 5.41) is 10.8. The molecule has 0 spiro atoms. The lowest BCUT2D eigenvalue weighted by molar-refractivity contribution is 0.176. The van der Waals surface area contributed by atoms with Crippen LogP contribution in [-0.2, 0) is 22.2 Å². The van der Waals surface area contributed by atoms with E-state index in [0.717, 1.165) is 72.6 Å². The number of hydrogen-bond donors (Lipinski definition) is 0. The van der Waals surface area contributed by atoms with Crippen molar-refractivity contribution in [1.29, 1.82) is 0 Å². The van der Waals surface area contributed by atoms with Gasteiger partial charge >= 0.3 is 0 Å². The van der Waals surface area contributed by atoms with Gasteiger partial charge in [0.25, 0.3) is 0 Å². The molecule has 0 N–H and O–H groups in total. The van der Waals surface area contributed by atoms with Crippen molar-refractivity contribution >= 4 is 51.8 Å². The molecule has 2 saturated heterocycles. The van der Waals surface area contributed by atoms with E-state index in [2.05, 4.69) is 30.0 Å². The van der Waals surface area contributed by atoms with Gasteiger partial charge in [-0.15, -0.1) is 10.2 Å². The lowest BCUT2D eigenvalue weighted by Crippen LogP contribution is -2.30. The quantitative estimate of drug-likeness (QED) is 0.108. The molecule has 4 aliphatic rings. The van der Waals surface area contributed by atoms with Crippen molar-refractivity contribution in [3.05, 3.63) is 112 Å². The number of anilines is 1. The second-order valence-electron chi connectivity index (χ2n) is 14.5. The Morgan fingerprint density at radius 2 is 1.45 bits per heavy atom. The lowest BCUT2D eigenvalue weighted by atomic mass is 9.95.